The lowest BCUT2D eigenvalue weighted by Gasteiger charge is -2.26. The molecule has 1 saturated heterocycles. The summed E-state index contributed by atoms with van der Waals surface area (Å²) in [6, 6.07) is 6.33. The predicted octanol–water partition coefficient (Wildman–Crippen LogP) is 1.75. The van der Waals surface area contributed by atoms with Crippen LogP contribution in [0.2, 0.25) is 0 Å². The molecule has 122 valence electrons. The van der Waals surface area contributed by atoms with Crippen LogP contribution in [-0.4, -0.2) is 57.3 Å². The Balaban J connectivity index is 1.72. The van der Waals surface area contributed by atoms with E-state index in [1.807, 2.05) is 0 Å². The molecule has 1 aliphatic heterocycles. The minimum absolute atomic E-state index is 0.774. The third kappa shape index (κ3) is 5.59. The van der Waals surface area contributed by atoms with Crippen LogP contribution in [0, 0.1) is 6.92 Å². The zero-order chi connectivity index (χ0) is 15.8. The molecule has 0 aromatic heterocycles. The first-order valence-corrected chi connectivity index (χ1v) is 8.48. The number of halogens is 1. The highest BCUT2D eigenvalue weighted by molar-refractivity contribution is 9.10. The Morgan fingerprint density at radius 2 is 2.09 bits per heavy atom. The van der Waals surface area contributed by atoms with Crippen molar-refractivity contribution in [3.8, 4) is 0 Å². The largest absolute Gasteiger partial charge is 0.379 e. The highest BCUT2D eigenvalue weighted by Gasteiger charge is 2.09. The van der Waals surface area contributed by atoms with Crippen molar-refractivity contribution in [3.05, 3.63) is 33.8 Å². The molecule has 0 saturated carbocycles. The zero-order valence-electron chi connectivity index (χ0n) is 13.4. The van der Waals surface area contributed by atoms with Gasteiger partial charge in [-0.3, -0.25) is 9.89 Å². The van der Waals surface area contributed by atoms with Gasteiger partial charge < -0.3 is 15.4 Å². The van der Waals surface area contributed by atoms with E-state index in [0.717, 1.165) is 56.4 Å². The summed E-state index contributed by atoms with van der Waals surface area (Å²) in [6.45, 7) is 8.52. The normalized spacial score (nSPS) is 16.6. The summed E-state index contributed by atoms with van der Waals surface area (Å²) in [5, 5.41) is 6.73. The van der Waals surface area contributed by atoms with Crippen molar-refractivity contribution in [1.82, 2.24) is 15.5 Å². The maximum absolute atomic E-state index is 5.35. The SMILES string of the molecule is CN=C(NCCN1CCOCC1)NCc1ccc(Br)cc1C. The summed E-state index contributed by atoms with van der Waals surface area (Å²) in [4.78, 5) is 6.68. The number of aryl methyl sites for hydroxylation is 1. The minimum atomic E-state index is 0.774. The quantitative estimate of drug-likeness (QED) is 0.614. The van der Waals surface area contributed by atoms with Gasteiger partial charge in [0, 0.05) is 44.2 Å². The number of hydrogen-bond donors (Lipinski definition) is 2. The van der Waals surface area contributed by atoms with Crippen molar-refractivity contribution in [2.24, 2.45) is 4.99 Å². The monoisotopic (exact) mass is 368 g/mol. The molecular weight excluding hydrogens is 344 g/mol. The minimum Gasteiger partial charge on any atom is -0.379 e. The van der Waals surface area contributed by atoms with Crippen LogP contribution in [0.4, 0.5) is 0 Å². The molecule has 0 amide bonds. The molecule has 1 aliphatic rings. The van der Waals surface area contributed by atoms with Crippen molar-refractivity contribution in [1.29, 1.82) is 0 Å². The number of ether oxygens (including phenoxy) is 1. The number of benzene rings is 1. The second kappa shape index (κ2) is 9.12. The topological polar surface area (TPSA) is 48.9 Å². The Kier molecular flexibility index (Phi) is 7.15. The van der Waals surface area contributed by atoms with Crippen LogP contribution in [0.1, 0.15) is 11.1 Å². The number of aliphatic imine (C=N–C) groups is 1. The number of nitrogens with one attached hydrogen (secondary N) is 2. The molecule has 0 spiro atoms. The summed E-state index contributed by atoms with van der Waals surface area (Å²) >= 11 is 3.49. The molecule has 0 atom stereocenters. The summed E-state index contributed by atoms with van der Waals surface area (Å²) in [5.41, 5.74) is 2.55. The zero-order valence-corrected chi connectivity index (χ0v) is 14.9. The van der Waals surface area contributed by atoms with Crippen molar-refractivity contribution in [2.45, 2.75) is 13.5 Å². The maximum Gasteiger partial charge on any atom is 0.191 e. The Labute approximate surface area is 141 Å². The summed E-state index contributed by atoms with van der Waals surface area (Å²) in [7, 11) is 1.80. The molecular formula is C16H25BrN4O. The second-order valence-electron chi connectivity index (χ2n) is 5.38. The Hall–Kier alpha value is -1.11. The molecule has 0 radical (unpaired) electrons. The number of morpholine rings is 1. The molecule has 6 heteroatoms. The van der Waals surface area contributed by atoms with Gasteiger partial charge in [0.15, 0.2) is 5.96 Å². The fraction of sp³-hybridized carbons (Fsp3) is 0.562. The Bertz CT molecular complexity index is 501. The van der Waals surface area contributed by atoms with Gasteiger partial charge in [-0.1, -0.05) is 22.0 Å². The molecule has 0 unspecified atom stereocenters. The molecule has 1 aromatic carbocycles. The lowest BCUT2D eigenvalue weighted by Crippen LogP contribution is -2.44. The van der Waals surface area contributed by atoms with E-state index >= 15 is 0 Å². The van der Waals surface area contributed by atoms with Crippen LogP contribution < -0.4 is 10.6 Å². The first-order chi connectivity index (χ1) is 10.7. The van der Waals surface area contributed by atoms with Crippen LogP contribution in [0.15, 0.2) is 27.7 Å². The Morgan fingerprint density at radius 3 is 2.77 bits per heavy atom. The van der Waals surface area contributed by atoms with Gasteiger partial charge in [0.2, 0.25) is 0 Å². The smallest absolute Gasteiger partial charge is 0.191 e. The lowest BCUT2D eigenvalue weighted by molar-refractivity contribution is 0.0389. The van der Waals surface area contributed by atoms with E-state index in [1.165, 1.54) is 11.1 Å². The first-order valence-electron chi connectivity index (χ1n) is 7.68. The molecule has 2 rings (SSSR count). The van der Waals surface area contributed by atoms with Gasteiger partial charge in [-0.15, -0.1) is 0 Å². The van der Waals surface area contributed by atoms with Gasteiger partial charge >= 0.3 is 0 Å². The molecule has 1 heterocycles. The van der Waals surface area contributed by atoms with Crippen molar-refractivity contribution >= 4 is 21.9 Å². The van der Waals surface area contributed by atoms with E-state index in [-0.39, 0.29) is 0 Å². The fourth-order valence-electron chi connectivity index (χ4n) is 2.41. The van der Waals surface area contributed by atoms with E-state index in [4.69, 9.17) is 4.74 Å². The predicted molar refractivity (Wildman–Crippen MR) is 94.3 cm³/mol. The van der Waals surface area contributed by atoms with Crippen molar-refractivity contribution in [3.63, 3.8) is 0 Å². The third-order valence-electron chi connectivity index (χ3n) is 3.80. The summed E-state index contributed by atoms with van der Waals surface area (Å²) < 4.78 is 6.47. The average Bonchev–Trinajstić information content (AvgIpc) is 2.53. The molecule has 1 fully saturated rings. The summed E-state index contributed by atoms with van der Waals surface area (Å²) in [5.74, 6) is 0.843. The average molecular weight is 369 g/mol. The Morgan fingerprint density at radius 1 is 1.32 bits per heavy atom. The number of hydrogen-bond acceptors (Lipinski definition) is 3. The number of guanidine groups is 1. The van der Waals surface area contributed by atoms with E-state index in [0.29, 0.717) is 0 Å². The van der Waals surface area contributed by atoms with Crippen LogP contribution in [-0.2, 0) is 11.3 Å². The van der Waals surface area contributed by atoms with Crippen molar-refractivity contribution < 1.29 is 4.74 Å². The maximum atomic E-state index is 5.35. The van der Waals surface area contributed by atoms with E-state index in [9.17, 15) is 0 Å². The highest BCUT2D eigenvalue weighted by atomic mass is 79.9. The number of rotatable bonds is 5. The van der Waals surface area contributed by atoms with Gasteiger partial charge in [0.25, 0.3) is 0 Å². The van der Waals surface area contributed by atoms with Gasteiger partial charge in [0.1, 0.15) is 0 Å². The second-order valence-corrected chi connectivity index (χ2v) is 6.29. The van der Waals surface area contributed by atoms with Crippen LogP contribution in [0.25, 0.3) is 0 Å². The lowest BCUT2D eigenvalue weighted by atomic mass is 10.1. The van der Waals surface area contributed by atoms with Gasteiger partial charge in [0.05, 0.1) is 13.2 Å². The molecule has 0 bridgehead atoms. The van der Waals surface area contributed by atoms with Gasteiger partial charge in [-0.2, -0.15) is 0 Å². The highest BCUT2D eigenvalue weighted by Crippen LogP contribution is 2.15. The van der Waals surface area contributed by atoms with Crippen LogP contribution in [0.5, 0.6) is 0 Å². The van der Waals surface area contributed by atoms with Gasteiger partial charge in [-0.05, 0) is 30.2 Å². The van der Waals surface area contributed by atoms with Crippen molar-refractivity contribution in [2.75, 3.05) is 46.4 Å². The van der Waals surface area contributed by atoms with Crippen LogP contribution >= 0.6 is 15.9 Å². The van der Waals surface area contributed by atoms with E-state index < -0.39 is 0 Å². The molecule has 5 nitrogen and oxygen atoms in total. The standard InChI is InChI=1S/C16H25BrN4O/c1-13-11-15(17)4-3-14(13)12-20-16(18-2)19-5-6-21-7-9-22-10-8-21/h3-4,11H,5-10,12H2,1-2H3,(H2,18,19,20). The molecule has 22 heavy (non-hydrogen) atoms. The molecule has 2 N–H and O–H groups in total. The van der Waals surface area contributed by atoms with E-state index in [1.54, 1.807) is 7.05 Å². The van der Waals surface area contributed by atoms with Gasteiger partial charge in [-0.25, -0.2) is 0 Å². The number of nitrogens with zero attached hydrogens (tertiary/aromatic N) is 2. The molecule has 0 aliphatic carbocycles. The third-order valence-corrected chi connectivity index (χ3v) is 4.29. The van der Waals surface area contributed by atoms with E-state index in [2.05, 4.69) is 61.6 Å². The summed E-state index contributed by atoms with van der Waals surface area (Å²) in [6.07, 6.45) is 0. The first kappa shape index (κ1) is 17.2. The fourth-order valence-corrected chi connectivity index (χ4v) is 2.89. The van der Waals surface area contributed by atoms with Crippen LogP contribution in [0.3, 0.4) is 0 Å². The molecule has 1 aromatic rings.